The molecule has 0 aromatic carbocycles. The van der Waals surface area contributed by atoms with Crippen molar-refractivity contribution in [2.75, 3.05) is 26.8 Å². The van der Waals surface area contributed by atoms with Gasteiger partial charge in [-0.3, -0.25) is 9.48 Å². The van der Waals surface area contributed by atoms with Gasteiger partial charge >= 0.3 is 0 Å². The average Bonchev–Trinajstić information content (AvgIpc) is 2.82. The summed E-state index contributed by atoms with van der Waals surface area (Å²) < 4.78 is 6.81. The summed E-state index contributed by atoms with van der Waals surface area (Å²) in [7, 11) is 1.64. The number of ketones is 1. The van der Waals surface area contributed by atoms with Crippen molar-refractivity contribution in [3.63, 3.8) is 0 Å². The number of nitrogens with one attached hydrogen (secondary N) is 1. The van der Waals surface area contributed by atoms with Crippen LogP contribution in [-0.2, 0) is 16.0 Å². The van der Waals surface area contributed by atoms with Gasteiger partial charge in [0.2, 0.25) is 0 Å². The number of hydrogen-bond acceptors (Lipinski definition) is 4. The van der Waals surface area contributed by atoms with E-state index in [0.717, 1.165) is 12.1 Å². The molecular weight excluding hydrogens is 230 g/mol. The maximum atomic E-state index is 11.7. The van der Waals surface area contributed by atoms with E-state index in [0.29, 0.717) is 32.2 Å². The molecule has 1 aromatic rings. The highest BCUT2D eigenvalue weighted by Gasteiger charge is 2.08. The fourth-order valence-corrected chi connectivity index (χ4v) is 1.57. The van der Waals surface area contributed by atoms with Crippen LogP contribution in [0.4, 0.5) is 0 Å². The molecule has 0 aliphatic heterocycles. The maximum absolute atomic E-state index is 11.7. The van der Waals surface area contributed by atoms with Gasteiger partial charge in [-0.25, -0.2) is 0 Å². The van der Waals surface area contributed by atoms with E-state index < -0.39 is 0 Å². The van der Waals surface area contributed by atoms with E-state index in [4.69, 9.17) is 4.74 Å². The summed E-state index contributed by atoms with van der Waals surface area (Å²) in [5.41, 5.74) is 0.842. The van der Waals surface area contributed by atoms with Gasteiger partial charge in [-0.15, -0.1) is 0 Å². The van der Waals surface area contributed by atoms with E-state index >= 15 is 0 Å². The number of rotatable bonds is 9. The molecule has 1 aromatic heterocycles. The Bertz CT molecular complexity index is 363. The molecule has 0 fully saturated rings. The van der Waals surface area contributed by atoms with Gasteiger partial charge in [0.1, 0.15) is 0 Å². The third kappa shape index (κ3) is 4.98. The van der Waals surface area contributed by atoms with Crippen LogP contribution in [0, 0.1) is 0 Å². The van der Waals surface area contributed by atoms with Crippen LogP contribution in [0.1, 0.15) is 32.0 Å². The number of carbonyl (C=O) groups excluding carboxylic acids is 1. The van der Waals surface area contributed by atoms with Crippen molar-refractivity contribution in [1.29, 1.82) is 0 Å². The summed E-state index contributed by atoms with van der Waals surface area (Å²) in [6.07, 6.45) is 3.37. The molecule has 0 saturated carbocycles. The first-order valence-electron chi connectivity index (χ1n) is 6.42. The summed E-state index contributed by atoms with van der Waals surface area (Å²) in [6, 6.07) is 2.30. The van der Waals surface area contributed by atoms with E-state index in [-0.39, 0.29) is 5.78 Å². The molecule has 0 radical (unpaired) electrons. The second kappa shape index (κ2) is 8.00. The molecule has 0 amide bonds. The van der Waals surface area contributed by atoms with Crippen LogP contribution in [0.5, 0.6) is 0 Å². The van der Waals surface area contributed by atoms with E-state index in [9.17, 15) is 4.79 Å². The Kier molecular flexibility index (Phi) is 6.60. The highest BCUT2D eigenvalue weighted by Crippen LogP contribution is 2.09. The zero-order valence-electron chi connectivity index (χ0n) is 11.5. The quantitative estimate of drug-likeness (QED) is 0.672. The number of methoxy groups -OCH3 is 1. The fourth-order valence-electron chi connectivity index (χ4n) is 1.57. The van der Waals surface area contributed by atoms with Crippen molar-refractivity contribution < 1.29 is 9.53 Å². The van der Waals surface area contributed by atoms with Crippen LogP contribution in [0.15, 0.2) is 12.3 Å². The van der Waals surface area contributed by atoms with Gasteiger partial charge in [0.15, 0.2) is 5.78 Å². The van der Waals surface area contributed by atoms with Crippen LogP contribution < -0.4 is 5.32 Å². The van der Waals surface area contributed by atoms with Gasteiger partial charge < -0.3 is 10.1 Å². The van der Waals surface area contributed by atoms with Crippen molar-refractivity contribution in [1.82, 2.24) is 15.1 Å². The number of nitrogens with zero attached hydrogens (tertiary/aromatic N) is 2. The largest absolute Gasteiger partial charge is 0.383 e. The third-order valence-corrected chi connectivity index (χ3v) is 2.89. The lowest BCUT2D eigenvalue weighted by molar-refractivity contribution is -0.117. The smallest absolute Gasteiger partial charge is 0.152 e. The first kappa shape index (κ1) is 14.9. The standard InChI is InChI=1S/C13H23N3O2/c1-4-11(2)16-7-5-12(15-16)9-13(17)10-14-6-8-18-3/h5,7,11,14H,4,6,8-10H2,1-3H3. The monoisotopic (exact) mass is 253 g/mol. The predicted octanol–water partition coefficient (Wildman–Crippen LogP) is 1.20. The maximum Gasteiger partial charge on any atom is 0.152 e. The predicted molar refractivity (Wildman–Crippen MR) is 70.7 cm³/mol. The normalized spacial score (nSPS) is 12.6. The van der Waals surface area contributed by atoms with Gasteiger partial charge in [-0.2, -0.15) is 5.10 Å². The Morgan fingerprint density at radius 1 is 1.61 bits per heavy atom. The molecule has 0 aliphatic rings. The fraction of sp³-hybridized carbons (Fsp3) is 0.692. The molecular formula is C13H23N3O2. The van der Waals surface area contributed by atoms with E-state index in [1.807, 2.05) is 16.9 Å². The highest BCUT2D eigenvalue weighted by atomic mass is 16.5. The minimum atomic E-state index is 0.153. The number of aromatic nitrogens is 2. The van der Waals surface area contributed by atoms with Gasteiger partial charge in [0, 0.05) is 25.9 Å². The molecule has 18 heavy (non-hydrogen) atoms. The zero-order valence-corrected chi connectivity index (χ0v) is 11.5. The molecule has 1 atom stereocenters. The third-order valence-electron chi connectivity index (χ3n) is 2.89. The van der Waals surface area contributed by atoms with Crippen LogP contribution >= 0.6 is 0 Å². The van der Waals surface area contributed by atoms with Gasteiger partial charge in [0.05, 0.1) is 25.3 Å². The SMILES string of the molecule is CCC(C)n1ccc(CC(=O)CNCCOC)n1. The molecule has 1 unspecified atom stereocenters. The molecule has 1 heterocycles. The lowest BCUT2D eigenvalue weighted by atomic mass is 10.2. The molecule has 1 N–H and O–H groups in total. The van der Waals surface area contributed by atoms with E-state index in [2.05, 4.69) is 24.3 Å². The van der Waals surface area contributed by atoms with Crippen LogP contribution in [0.3, 0.4) is 0 Å². The Morgan fingerprint density at radius 2 is 2.39 bits per heavy atom. The first-order valence-corrected chi connectivity index (χ1v) is 6.42. The highest BCUT2D eigenvalue weighted by molar-refractivity contribution is 5.82. The molecule has 0 spiro atoms. The Hall–Kier alpha value is -1.20. The van der Waals surface area contributed by atoms with Crippen molar-refractivity contribution in [2.45, 2.75) is 32.7 Å². The first-order chi connectivity index (χ1) is 8.67. The van der Waals surface area contributed by atoms with Crippen LogP contribution in [0.25, 0.3) is 0 Å². The Morgan fingerprint density at radius 3 is 3.06 bits per heavy atom. The summed E-state index contributed by atoms with van der Waals surface area (Å²) in [5.74, 6) is 0.153. The molecule has 1 rings (SSSR count). The molecule has 0 bridgehead atoms. The minimum absolute atomic E-state index is 0.153. The molecule has 102 valence electrons. The molecule has 0 saturated heterocycles. The minimum Gasteiger partial charge on any atom is -0.383 e. The van der Waals surface area contributed by atoms with Gasteiger partial charge in [-0.1, -0.05) is 6.92 Å². The Balaban J connectivity index is 2.33. The lowest BCUT2D eigenvalue weighted by Crippen LogP contribution is -2.27. The second-order valence-corrected chi connectivity index (χ2v) is 4.43. The second-order valence-electron chi connectivity index (χ2n) is 4.43. The van der Waals surface area contributed by atoms with Crippen molar-refractivity contribution in [2.24, 2.45) is 0 Å². The van der Waals surface area contributed by atoms with Gasteiger partial charge in [0.25, 0.3) is 0 Å². The Labute approximate surface area is 109 Å². The van der Waals surface area contributed by atoms with E-state index in [1.54, 1.807) is 7.11 Å². The molecule has 5 heteroatoms. The number of carbonyl (C=O) groups is 1. The topological polar surface area (TPSA) is 56.2 Å². The number of Topliss-reactive ketones (excluding diaryl/α,β-unsaturated/α-hetero) is 1. The van der Waals surface area contributed by atoms with Crippen LogP contribution in [-0.4, -0.2) is 42.4 Å². The zero-order chi connectivity index (χ0) is 13.4. The number of hydrogen-bond donors (Lipinski definition) is 1. The summed E-state index contributed by atoms with van der Waals surface area (Å²) >= 11 is 0. The summed E-state index contributed by atoms with van der Waals surface area (Å²) in [6.45, 7) is 5.93. The summed E-state index contributed by atoms with van der Waals surface area (Å²) in [4.78, 5) is 11.7. The average molecular weight is 253 g/mol. The van der Waals surface area contributed by atoms with Gasteiger partial charge in [-0.05, 0) is 19.4 Å². The van der Waals surface area contributed by atoms with Crippen LogP contribution in [0.2, 0.25) is 0 Å². The van der Waals surface area contributed by atoms with E-state index in [1.165, 1.54) is 0 Å². The van der Waals surface area contributed by atoms with Crippen molar-refractivity contribution in [3.05, 3.63) is 18.0 Å². The van der Waals surface area contributed by atoms with Crippen molar-refractivity contribution >= 4 is 5.78 Å². The molecule has 0 aliphatic carbocycles. The van der Waals surface area contributed by atoms with Crippen molar-refractivity contribution in [3.8, 4) is 0 Å². The molecule has 5 nitrogen and oxygen atoms in total. The summed E-state index contributed by atoms with van der Waals surface area (Å²) in [5, 5.41) is 7.45. The lowest BCUT2D eigenvalue weighted by Gasteiger charge is -2.08. The number of ether oxygens (including phenoxy) is 1.